The maximum absolute atomic E-state index is 10.8. The Bertz CT molecular complexity index is 624. The molecule has 1 aliphatic rings. The second kappa shape index (κ2) is 8.72. The normalized spacial score (nSPS) is 19.9. The number of H-pyrrole nitrogens is 1. The first-order chi connectivity index (χ1) is 10.8. The largest absolute Gasteiger partial charge is 0.481 e. The van der Waals surface area contributed by atoms with E-state index in [-0.39, 0.29) is 17.6 Å². The van der Waals surface area contributed by atoms with E-state index in [0.29, 0.717) is 6.42 Å². The quantitative estimate of drug-likeness (QED) is 0.650. The first-order valence-electron chi connectivity index (χ1n) is 7.23. The zero-order valence-electron chi connectivity index (χ0n) is 12.7. The van der Waals surface area contributed by atoms with Crippen molar-refractivity contribution in [1.82, 2.24) is 10.3 Å². The van der Waals surface area contributed by atoms with E-state index in [0.717, 1.165) is 19.3 Å². The number of aromatic nitrogens is 1. The third-order valence-electron chi connectivity index (χ3n) is 3.47. The predicted molar refractivity (Wildman–Crippen MR) is 81.2 cm³/mol. The van der Waals surface area contributed by atoms with Crippen molar-refractivity contribution in [3.8, 4) is 0 Å². The molecule has 0 aromatic carbocycles. The van der Waals surface area contributed by atoms with Gasteiger partial charge >= 0.3 is 11.9 Å². The molecule has 1 saturated carbocycles. The third kappa shape index (κ3) is 6.33. The van der Waals surface area contributed by atoms with Crippen molar-refractivity contribution in [2.45, 2.75) is 38.6 Å². The van der Waals surface area contributed by atoms with Crippen LogP contribution in [0.25, 0.3) is 0 Å². The van der Waals surface area contributed by atoms with Crippen LogP contribution in [0.5, 0.6) is 0 Å². The minimum atomic E-state index is -1.13. The van der Waals surface area contributed by atoms with Gasteiger partial charge in [0.05, 0.1) is 5.92 Å². The van der Waals surface area contributed by atoms with E-state index in [1.54, 1.807) is 0 Å². The summed E-state index contributed by atoms with van der Waals surface area (Å²) >= 11 is 0. The first kappa shape index (κ1) is 18.4. The number of carboxylic acid groups (broad SMARTS) is 2. The topological polar surface area (TPSA) is 137 Å². The molecule has 126 valence electrons. The van der Waals surface area contributed by atoms with Crippen LogP contribution in [0.2, 0.25) is 0 Å². The lowest BCUT2D eigenvalue weighted by Gasteiger charge is -2.28. The molecule has 0 radical (unpaired) electrons. The molecule has 1 amide bonds. The van der Waals surface area contributed by atoms with Crippen LogP contribution in [0.4, 0.5) is 0 Å². The number of aromatic amines is 1. The summed E-state index contributed by atoms with van der Waals surface area (Å²) in [5.41, 5.74) is -0.493. The van der Waals surface area contributed by atoms with Gasteiger partial charge in [-0.15, -0.1) is 0 Å². The monoisotopic (exact) mass is 324 g/mol. The summed E-state index contributed by atoms with van der Waals surface area (Å²) in [5.74, 6) is -2.45. The minimum absolute atomic E-state index is 0.0903. The van der Waals surface area contributed by atoms with Crippen molar-refractivity contribution >= 4 is 17.8 Å². The number of nitrogens with one attached hydrogen (secondary N) is 2. The van der Waals surface area contributed by atoms with Crippen LogP contribution in [0, 0.1) is 5.92 Å². The molecule has 2 unspecified atom stereocenters. The number of hydrogen-bond donors (Lipinski definition) is 4. The van der Waals surface area contributed by atoms with E-state index in [4.69, 9.17) is 10.2 Å². The Morgan fingerprint density at radius 1 is 1.17 bits per heavy atom. The van der Waals surface area contributed by atoms with Crippen LogP contribution in [0.15, 0.2) is 23.0 Å². The molecule has 4 N–H and O–H groups in total. The molecule has 0 bridgehead atoms. The highest BCUT2D eigenvalue weighted by molar-refractivity contribution is 5.85. The number of aromatic carboxylic acids is 1. The standard InChI is InChI=1S/C9H15NO3.C6H5NO3/c1-6(11)10-8-5-3-2-4-7(8)9(12)13;8-5-3-1-2-4(7-5)6(9)10/h7-8H,2-5H2,1H3,(H,10,11)(H,12,13);1-3H,(H,7,8)(H,9,10). The fourth-order valence-corrected chi connectivity index (χ4v) is 2.43. The van der Waals surface area contributed by atoms with Gasteiger partial charge in [-0.1, -0.05) is 18.9 Å². The number of hydrogen-bond acceptors (Lipinski definition) is 4. The Kier molecular flexibility index (Phi) is 6.98. The van der Waals surface area contributed by atoms with E-state index in [1.165, 1.54) is 25.1 Å². The molecule has 2 rings (SSSR count). The fraction of sp³-hybridized carbons (Fsp3) is 0.467. The van der Waals surface area contributed by atoms with Crippen LogP contribution in [-0.2, 0) is 9.59 Å². The molecule has 1 fully saturated rings. The Balaban J connectivity index is 0.000000238. The summed E-state index contributed by atoms with van der Waals surface area (Å²) in [6.45, 7) is 1.42. The van der Waals surface area contributed by atoms with Gasteiger partial charge in [0, 0.05) is 19.0 Å². The molecule has 2 atom stereocenters. The number of aliphatic carboxylic acids is 1. The summed E-state index contributed by atoms with van der Waals surface area (Å²) in [7, 11) is 0. The second-order valence-electron chi connectivity index (χ2n) is 5.27. The Hall–Kier alpha value is -2.64. The van der Waals surface area contributed by atoms with Crippen molar-refractivity contribution in [2.75, 3.05) is 0 Å². The highest BCUT2D eigenvalue weighted by atomic mass is 16.4. The van der Waals surface area contributed by atoms with Crippen molar-refractivity contribution in [1.29, 1.82) is 0 Å². The number of carbonyl (C=O) groups excluding carboxylic acids is 1. The van der Waals surface area contributed by atoms with E-state index < -0.39 is 23.4 Å². The van der Waals surface area contributed by atoms with E-state index >= 15 is 0 Å². The SMILES string of the molecule is CC(=O)NC1CCCCC1C(=O)O.O=C(O)c1cccc(=O)[nH]1. The van der Waals surface area contributed by atoms with Gasteiger partial charge in [-0.25, -0.2) is 4.79 Å². The second-order valence-corrected chi connectivity index (χ2v) is 5.27. The Morgan fingerprint density at radius 3 is 2.30 bits per heavy atom. The molecule has 8 nitrogen and oxygen atoms in total. The van der Waals surface area contributed by atoms with Crippen LogP contribution in [0.1, 0.15) is 43.1 Å². The molecule has 0 spiro atoms. The van der Waals surface area contributed by atoms with Gasteiger partial charge in [-0.2, -0.15) is 0 Å². The maximum Gasteiger partial charge on any atom is 0.352 e. The van der Waals surface area contributed by atoms with Crippen LogP contribution < -0.4 is 10.9 Å². The number of pyridine rings is 1. The van der Waals surface area contributed by atoms with Crippen molar-refractivity contribution in [2.24, 2.45) is 5.92 Å². The molecular weight excluding hydrogens is 304 g/mol. The average molecular weight is 324 g/mol. The lowest BCUT2D eigenvalue weighted by Crippen LogP contribution is -2.44. The summed E-state index contributed by atoms with van der Waals surface area (Å²) < 4.78 is 0. The van der Waals surface area contributed by atoms with Gasteiger partial charge in [0.2, 0.25) is 11.5 Å². The van der Waals surface area contributed by atoms with E-state index in [2.05, 4.69) is 10.3 Å². The van der Waals surface area contributed by atoms with Gasteiger partial charge in [-0.3, -0.25) is 14.4 Å². The van der Waals surface area contributed by atoms with Crippen molar-refractivity contribution in [3.05, 3.63) is 34.2 Å². The van der Waals surface area contributed by atoms with Crippen molar-refractivity contribution < 1.29 is 24.6 Å². The summed E-state index contributed by atoms with van der Waals surface area (Å²) in [6.07, 6.45) is 3.43. The lowest BCUT2D eigenvalue weighted by atomic mass is 9.84. The van der Waals surface area contributed by atoms with Gasteiger partial charge < -0.3 is 20.5 Å². The average Bonchev–Trinajstić information content (AvgIpc) is 2.47. The minimum Gasteiger partial charge on any atom is -0.481 e. The Morgan fingerprint density at radius 2 is 1.83 bits per heavy atom. The molecule has 0 saturated heterocycles. The van der Waals surface area contributed by atoms with Gasteiger partial charge in [0.15, 0.2) is 0 Å². The molecule has 1 aromatic heterocycles. The van der Waals surface area contributed by atoms with E-state index in [9.17, 15) is 19.2 Å². The highest BCUT2D eigenvalue weighted by Crippen LogP contribution is 2.24. The van der Waals surface area contributed by atoms with Crippen LogP contribution in [0.3, 0.4) is 0 Å². The van der Waals surface area contributed by atoms with Crippen LogP contribution >= 0.6 is 0 Å². The highest BCUT2D eigenvalue weighted by Gasteiger charge is 2.30. The number of carboxylic acids is 2. The smallest absolute Gasteiger partial charge is 0.352 e. The zero-order valence-corrected chi connectivity index (χ0v) is 12.7. The molecule has 23 heavy (non-hydrogen) atoms. The third-order valence-corrected chi connectivity index (χ3v) is 3.47. The predicted octanol–water partition coefficient (Wildman–Crippen LogP) is 0.839. The molecule has 1 aromatic rings. The van der Waals surface area contributed by atoms with Gasteiger partial charge in [0.1, 0.15) is 5.69 Å². The summed E-state index contributed by atoms with van der Waals surface area (Å²) in [6, 6.07) is 3.81. The van der Waals surface area contributed by atoms with Crippen LogP contribution in [-0.4, -0.2) is 39.1 Å². The maximum atomic E-state index is 10.8. The van der Waals surface area contributed by atoms with Crippen molar-refractivity contribution in [3.63, 3.8) is 0 Å². The van der Waals surface area contributed by atoms with Gasteiger partial charge in [0.25, 0.3) is 0 Å². The lowest BCUT2D eigenvalue weighted by molar-refractivity contribution is -0.144. The number of amides is 1. The Labute approximate surface area is 132 Å². The summed E-state index contributed by atoms with van der Waals surface area (Å²) in [4.78, 5) is 44.4. The molecule has 8 heteroatoms. The van der Waals surface area contributed by atoms with Gasteiger partial charge in [-0.05, 0) is 18.9 Å². The number of rotatable bonds is 3. The molecular formula is C15H20N2O6. The molecule has 1 aliphatic carbocycles. The fourth-order valence-electron chi connectivity index (χ4n) is 2.43. The number of carbonyl (C=O) groups is 3. The molecule has 0 aliphatic heterocycles. The summed E-state index contributed by atoms with van der Waals surface area (Å²) in [5, 5.41) is 19.9. The molecule has 1 heterocycles. The van der Waals surface area contributed by atoms with E-state index in [1.807, 2.05) is 0 Å². The zero-order chi connectivity index (χ0) is 17.4. The first-order valence-corrected chi connectivity index (χ1v) is 7.23.